The Kier molecular flexibility index (Phi) is 8.47. The van der Waals surface area contributed by atoms with E-state index in [4.69, 9.17) is 4.74 Å². The van der Waals surface area contributed by atoms with Gasteiger partial charge in [0.15, 0.2) is 0 Å². The number of ether oxygens (including phenoxy) is 1. The molecule has 3 heterocycles. The Hall–Kier alpha value is -2.99. The molecule has 6 nitrogen and oxygen atoms in total. The van der Waals surface area contributed by atoms with E-state index in [1.165, 1.54) is 11.1 Å². The van der Waals surface area contributed by atoms with Gasteiger partial charge in [0.25, 0.3) is 0 Å². The second kappa shape index (κ2) is 11.9. The molecule has 3 aromatic rings. The van der Waals surface area contributed by atoms with Crippen molar-refractivity contribution in [3.63, 3.8) is 0 Å². The molecule has 0 bridgehead atoms. The third kappa shape index (κ3) is 6.54. The SMILES string of the molecule is COc1ccc2nccc(CCC[C@@H]3CCN(CCCc4ccncc4)C[C@@H]3CC(=O)O)c2c1. The number of hydrogen-bond acceptors (Lipinski definition) is 5. The summed E-state index contributed by atoms with van der Waals surface area (Å²) >= 11 is 0. The summed E-state index contributed by atoms with van der Waals surface area (Å²) in [5.74, 6) is 0.858. The van der Waals surface area contributed by atoms with E-state index in [1.807, 2.05) is 30.7 Å². The average Bonchev–Trinajstić information content (AvgIpc) is 2.85. The van der Waals surface area contributed by atoms with Crippen molar-refractivity contribution in [2.75, 3.05) is 26.7 Å². The van der Waals surface area contributed by atoms with Gasteiger partial charge in [0.2, 0.25) is 0 Å². The van der Waals surface area contributed by atoms with Crippen LogP contribution in [-0.4, -0.2) is 52.7 Å². The van der Waals surface area contributed by atoms with E-state index < -0.39 is 5.97 Å². The molecule has 180 valence electrons. The van der Waals surface area contributed by atoms with Gasteiger partial charge in [-0.15, -0.1) is 0 Å². The van der Waals surface area contributed by atoms with Crippen LogP contribution in [0.15, 0.2) is 55.0 Å². The molecule has 1 saturated heterocycles. The number of hydrogen-bond donors (Lipinski definition) is 1. The van der Waals surface area contributed by atoms with Crippen molar-refractivity contribution in [1.29, 1.82) is 0 Å². The maximum absolute atomic E-state index is 11.6. The van der Waals surface area contributed by atoms with Crippen LogP contribution in [0.2, 0.25) is 0 Å². The van der Waals surface area contributed by atoms with Gasteiger partial charge in [-0.2, -0.15) is 0 Å². The lowest BCUT2D eigenvalue weighted by Gasteiger charge is -2.38. The minimum absolute atomic E-state index is 0.224. The molecule has 2 atom stereocenters. The molecule has 1 aliphatic rings. The normalized spacial score (nSPS) is 18.7. The van der Waals surface area contributed by atoms with Gasteiger partial charge in [0.1, 0.15) is 5.75 Å². The van der Waals surface area contributed by atoms with Gasteiger partial charge in [-0.3, -0.25) is 14.8 Å². The fourth-order valence-electron chi connectivity index (χ4n) is 5.33. The number of pyridine rings is 2. The summed E-state index contributed by atoms with van der Waals surface area (Å²) in [7, 11) is 1.69. The second-order valence-electron chi connectivity index (χ2n) is 9.41. The number of carboxylic acid groups (broad SMARTS) is 1. The molecule has 0 spiro atoms. The highest BCUT2D eigenvalue weighted by Gasteiger charge is 2.30. The Balaban J connectivity index is 1.31. The van der Waals surface area contributed by atoms with E-state index in [9.17, 15) is 9.90 Å². The predicted octanol–water partition coefficient (Wildman–Crippen LogP) is 5.01. The van der Waals surface area contributed by atoms with Gasteiger partial charge in [0.05, 0.1) is 12.6 Å². The second-order valence-corrected chi connectivity index (χ2v) is 9.41. The summed E-state index contributed by atoms with van der Waals surface area (Å²) in [6.45, 7) is 2.98. The van der Waals surface area contributed by atoms with E-state index in [1.54, 1.807) is 7.11 Å². The Bertz CT molecular complexity index is 1070. The fourth-order valence-corrected chi connectivity index (χ4v) is 5.33. The van der Waals surface area contributed by atoms with Crippen molar-refractivity contribution in [3.8, 4) is 5.75 Å². The number of nitrogens with zero attached hydrogens (tertiary/aromatic N) is 3. The van der Waals surface area contributed by atoms with E-state index in [2.05, 4.69) is 39.1 Å². The first-order valence-electron chi connectivity index (χ1n) is 12.4. The maximum atomic E-state index is 11.6. The van der Waals surface area contributed by atoms with Crippen LogP contribution in [0.25, 0.3) is 10.9 Å². The van der Waals surface area contributed by atoms with E-state index in [0.29, 0.717) is 5.92 Å². The van der Waals surface area contributed by atoms with Gasteiger partial charge >= 0.3 is 5.97 Å². The molecule has 1 aromatic carbocycles. The van der Waals surface area contributed by atoms with E-state index in [-0.39, 0.29) is 12.3 Å². The van der Waals surface area contributed by atoms with Crippen molar-refractivity contribution in [2.45, 2.75) is 44.9 Å². The predicted molar refractivity (Wildman–Crippen MR) is 134 cm³/mol. The first kappa shape index (κ1) is 24.1. The van der Waals surface area contributed by atoms with Crippen molar-refractivity contribution in [1.82, 2.24) is 14.9 Å². The van der Waals surface area contributed by atoms with Crippen LogP contribution < -0.4 is 4.74 Å². The molecule has 0 radical (unpaired) electrons. The number of piperidine rings is 1. The summed E-state index contributed by atoms with van der Waals surface area (Å²) in [5.41, 5.74) is 3.59. The van der Waals surface area contributed by atoms with Crippen LogP contribution in [0.4, 0.5) is 0 Å². The largest absolute Gasteiger partial charge is 0.497 e. The quantitative estimate of drug-likeness (QED) is 0.433. The van der Waals surface area contributed by atoms with Crippen LogP contribution in [0, 0.1) is 11.8 Å². The topological polar surface area (TPSA) is 75.5 Å². The summed E-state index contributed by atoms with van der Waals surface area (Å²) in [5, 5.41) is 10.7. The molecule has 34 heavy (non-hydrogen) atoms. The lowest BCUT2D eigenvalue weighted by molar-refractivity contribution is -0.139. The zero-order valence-electron chi connectivity index (χ0n) is 20.0. The van der Waals surface area contributed by atoms with Crippen LogP contribution in [0.1, 0.15) is 43.2 Å². The maximum Gasteiger partial charge on any atom is 0.303 e. The highest BCUT2D eigenvalue weighted by molar-refractivity contribution is 5.83. The lowest BCUT2D eigenvalue weighted by atomic mass is 9.79. The number of aromatic nitrogens is 2. The van der Waals surface area contributed by atoms with Crippen LogP contribution in [0.3, 0.4) is 0 Å². The van der Waals surface area contributed by atoms with Gasteiger partial charge in [-0.05, 0) is 111 Å². The monoisotopic (exact) mass is 461 g/mol. The number of fused-ring (bicyclic) bond motifs is 1. The number of benzene rings is 1. The first-order chi connectivity index (χ1) is 16.6. The molecule has 1 aliphatic heterocycles. The number of aliphatic carboxylic acids is 1. The molecular formula is C28H35N3O3. The third-order valence-corrected chi connectivity index (χ3v) is 7.16. The summed E-state index contributed by atoms with van der Waals surface area (Å²) in [6, 6.07) is 12.3. The summed E-state index contributed by atoms with van der Waals surface area (Å²) in [4.78, 5) is 22.6. The molecule has 1 N–H and O–H groups in total. The molecule has 2 aromatic heterocycles. The van der Waals surface area contributed by atoms with Gasteiger partial charge in [-0.25, -0.2) is 0 Å². The number of rotatable bonds is 11. The first-order valence-corrected chi connectivity index (χ1v) is 12.4. The molecule has 0 amide bonds. The zero-order valence-corrected chi connectivity index (χ0v) is 20.0. The minimum atomic E-state index is -0.680. The molecule has 1 fully saturated rings. The fraction of sp³-hybridized carbons (Fsp3) is 0.464. The Morgan fingerprint density at radius 2 is 1.94 bits per heavy atom. The van der Waals surface area contributed by atoms with Crippen LogP contribution >= 0.6 is 0 Å². The minimum Gasteiger partial charge on any atom is -0.497 e. The molecule has 6 heteroatoms. The smallest absolute Gasteiger partial charge is 0.303 e. The highest BCUT2D eigenvalue weighted by atomic mass is 16.5. The number of carbonyl (C=O) groups is 1. The molecular weight excluding hydrogens is 426 g/mol. The summed E-state index contributed by atoms with van der Waals surface area (Å²) in [6.07, 6.45) is 12.1. The standard InChI is InChI=1S/C28H35N3O3/c1-34-25-7-8-27-26(19-25)23(11-15-30-27)6-2-5-22-12-17-31(20-24(22)18-28(32)33)16-3-4-21-9-13-29-14-10-21/h7-11,13-15,19,22,24H,2-6,12,16-18,20H2,1H3,(H,32,33)/t22-,24+/m1/s1. The third-order valence-electron chi connectivity index (χ3n) is 7.16. The zero-order chi connectivity index (χ0) is 23.8. The number of likely N-dealkylation sites (tertiary alicyclic amines) is 1. The summed E-state index contributed by atoms with van der Waals surface area (Å²) < 4.78 is 5.40. The van der Waals surface area contributed by atoms with Gasteiger partial charge < -0.3 is 14.7 Å². The number of carboxylic acids is 1. The molecule has 0 aliphatic carbocycles. The van der Waals surface area contributed by atoms with Crippen molar-refractivity contribution < 1.29 is 14.6 Å². The van der Waals surface area contributed by atoms with Gasteiger partial charge in [-0.1, -0.05) is 0 Å². The molecule has 0 unspecified atom stereocenters. The van der Waals surface area contributed by atoms with Crippen molar-refractivity contribution >= 4 is 16.9 Å². The van der Waals surface area contributed by atoms with Crippen molar-refractivity contribution in [2.24, 2.45) is 11.8 Å². The average molecular weight is 462 g/mol. The lowest BCUT2D eigenvalue weighted by Crippen LogP contribution is -2.41. The van der Waals surface area contributed by atoms with Crippen LogP contribution in [-0.2, 0) is 17.6 Å². The van der Waals surface area contributed by atoms with E-state index in [0.717, 1.165) is 74.8 Å². The molecule has 4 rings (SSSR count). The Labute approximate surface area is 202 Å². The Morgan fingerprint density at radius 1 is 1.09 bits per heavy atom. The van der Waals surface area contributed by atoms with Crippen LogP contribution in [0.5, 0.6) is 5.75 Å². The van der Waals surface area contributed by atoms with E-state index >= 15 is 0 Å². The highest BCUT2D eigenvalue weighted by Crippen LogP contribution is 2.32. The molecule has 0 saturated carbocycles. The van der Waals surface area contributed by atoms with Crippen molar-refractivity contribution in [3.05, 3.63) is 66.1 Å². The Morgan fingerprint density at radius 3 is 2.74 bits per heavy atom. The number of methoxy groups -OCH3 is 1. The number of aryl methyl sites for hydroxylation is 2. The van der Waals surface area contributed by atoms with Gasteiger partial charge in [0, 0.05) is 36.9 Å².